The third-order valence-electron chi connectivity index (χ3n) is 3.96. The van der Waals surface area contributed by atoms with E-state index in [0.29, 0.717) is 29.2 Å². The number of carbonyl (C=O) groups excluding carboxylic acids is 2. The molecule has 0 atom stereocenters. The summed E-state index contributed by atoms with van der Waals surface area (Å²) in [6, 6.07) is 9.25. The van der Waals surface area contributed by atoms with Crippen molar-refractivity contribution < 1.29 is 18.7 Å². The number of ether oxygens (including phenoxy) is 1. The van der Waals surface area contributed by atoms with E-state index in [9.17, 15) is 14.0 Å². The van der Waals surface area contributed by atoms with E-state index < -0.39 is 17.8 Å². The summed E-state index contributed by atoms with van der Waals surface area (Å²) in [4.78, 5) is 28.3. The number of pyridine rings is 1. The van der Waals surface area contributed by atoms with Crippen LogP contribution in [0.15, 0.2) is 48.8 Å². The highest BCUT2D eigenvalue weighted by Crippen LogP contribution is 2.21. The smallest absolute Gasteiger partial charge is 0.411 e. The van der Waals surface area contributed by atoms with Crippen molar-refractivity contribution in [3.8, 4) is 5.82 Å². The van der Waals surface area contributed by atoms with Crippen LogP contribution in [0.1, 0.15) is 23.0 Å². The molecule has 144 valence electrons. The molecule has 3 rings (SSSR count). The van der Waals surface area contributed by atoms with Crippen LogP contribution in [-0.4, -0.2) is 33.9 Å². The molecule has 1 aromatic carbocycles. The molecule has 0 unspecified atom stereocenters. The molecule has 3 aromatic rings. The molecule has 2 heterocycles. The SMILES string of the molecule is CCc1c(C(=O)Nc2ccc(F)c(NC(=O)OC)c2)cnn1-c1ccccn1. The van der Waals surface area contributed by atoms with Crippen LogP contribution in [0.5, 0.6) is 0 Å². The summed E-state index contributed by atoms with van der Waals surface area (Å²) in [7, 11) is 1.17. The minimum Gasteiger partial charge on any atom is -0.453 e. The van der Waals surface area contributed by atoms with Gasteiger partial charge in [0.25, 0.3) is 5.91 Å². The van der Waals surface area contributed by atoms with Crippen LogP contribution in [0.25, 0.3) is 5.82 Å². The van der Waals surface area contributed by atoms with Crippen LogP contribution < -0.4 is 10.6 Å². The fourth-order valence-corrected chi connectivity index (χ4v) is 2.64. The van der Waals surface area contributed by atoms with Crippen molar-refractivity contribution in [1.29, 1.82) is 0 Å². The molecule has 2 amide bonds. The topological polar surface area (TPSA) is 98.1 Å². The van der Waals surface area contributed by atoms with Gasteiger partial charge in [-0.1, -0.05) is 13.0 Å². The average Bonchev–Trinajstić information content (AvgIpc) is 3.15. The molecule has 0 saturated carbocycles. The molecule has 0 radical (unpaired) electrons. The highest BCUT2D eigenvalue weighted by molar-refractivity contribution is 6.05. The summed E-state index contributed by atoms with van der Waals surface area (Å²) in [6.07, 6.45) is 2.84. The lowest BCUT2D eigenvalue weighted by Gasteiger charge is -2.10. The van der Waals surface area contributed by atoms with Gasteiger partial charge in [-0.2, -0.15) is 5.10 Å². The van der Waals surface area contributed by atoms with Crippen molar-refractivity contribution in [2.24, 2.45) is 0 Å². The second kappa shape index (κ2) is 8.30. The third kappa shape index (κ3) is 3.98. The van der Waals surface area contributed by atoms with Gasteiger partial charge in [-0.05, 0) is 36.8 Å². The number of nitrogens with one attached hydrogen (secondary N) is 2. The van der Waals surface area contributed by atoms with Crippen molar-refractivity contribution in [1.82, 2.24) is 14.8 Å². The summed E-state index contributed by atoms with van der Waals surface area (Å²) in [5.74, 6) is -0.458. The fourth-order valence-electron chi connectivity index (χ4n) is 2.64. The summed E-state index contributed by atoms with van der Waals surface area (Å²) in [5.41, 5.74) is 1.26. The van der Waals surface area contributed by atoms with Crippen molar-refractivity contribution in [2.45, 2.75) is 13.3 Å². The van der Waals surface area contributed by atoms with Crippen LogP contribution in [0.4, 0.5) is 20.6 Å². The Kier molecular flexibility index (Phi) is 5.64. The van der Waals surface area contributed by atoms with Gasteiger partial charge in [0, 0.05) is 11.9 Å². The number of hydrogen-bond acceptors (Lipinski definition) is 5. The number of hydrogen-bond donors (Lipinski definition) is 2. The predicted octanol–water partition coefficient (Wildman–Crippen LogP) is 3.40. The number of methoxy groups -OCH3 is 1. The zero-order valence-electron chi connectivity index (χ0n) is 15.3. The molecular weight excluding hydrogens is 365 g/mol. The predicted molar refractivity (Wildman–Crippen MR) is 101 cm³/mol. The number of aromatic nitrogens is 3. The lowest BCUT2D eigenvalue weighted by Crippen LogP contribution is -2.16. The summed E-state index contributed by atoms with van der Waals surface area (Å²) in [5, 5.41) is 9.20. The Bertz CT molecular complexity index is 1000. The van der Waals surface area contributed by atoms with Crippen LogP contribution in [-0.2, 0) is 11.2 Å². The molecular formula is C19H18FN5O3. The first-order valence-corrected chi connectivity index (χ1v) is 8.47. The highest BCUT2D eigenvalue weighted by Gasteiger charge is 2.18. The van der Waals surface area contributed by atoms with Crippen molar-refractivity contribution in [3.05, 3.63) is 65.9 Å². The minimum absolute atomic E-state index is 0.107. The fraction of sp³-hybridized carbons (Fsp3) is 0.158. The van der Waals surface area contributed by atoms with Crippen molar-refractivity contribution in [3.63, 3.8) is 0 Å². The Hall–Kier alpha value is -3.75. The zero-order chi connectivity index (χ0) is 20.1. The van der Waals surface area contributed by atoms with Gasteiger partial charge in [-0.25, -0.2) is 18.9 Å². The lowest BCUT2D eigenvalue weighted by molar-refractivity contribution is 0.102. The molecule has 2 N–H and O–H groups in total. The molecule has 0 fully saturated rings. The molecule has 0 spiro atoms. The zero-order valence-corrected chi connectivity index (χ0v) is 15.3. The first-order chi connectivity index (χ1) is 13.5. The highest BCUT2D eigenvalue weighted by atomic mass is 19.1. The first kappa shape index (κ1) is 19.0. The van der Waals surface area contributed by atoms with Crippen molar-refractivity contribution in [2.75, 3.05) is 17.7 Å². The largest absolute Gasteiger partial charge is 0.453 e. The number of halogens is 1. The summed E-state index contributed by atoms with van der Waals surface area (Å²) in [6.45, 7) is 1.91. The molecule has 0 aliphatic carbocycles. The molecule has 0 bridgehead atoms. The summed E-state index contributed by atoms with van der Waals surface area (Å²) < 4.78 is 19.9. The van der Waals surface area contributed by atoms with E-state index in [4.69, 9.17) is 0 Å². The van der Waals surface area contributed by atoms with Gasteiger partial charge in [-0.15, -0.1) is 0 Å². The molecule has 2 aromatic heterocycles. The van der Waals surface area contributed by atoms with E-state index >= 15 is 0 Å². The van der Waals surface area contributed by atoms with E-state index in [0.717, 1.165) is 6.07 Å². The number of amides is 2. The van der Waals surface area contributed by atoms with Crippen LogP contribution >= 0.6 is 0 Å². The van der Waals surface area contributed by atoms with E-state index in [1.807, 2.05) is 13.0 Å². The number of anilines is 2. The summed E-state index contributed by atoms with van der Waals surface area (Å²) >= 11 is 0. The Morgan fingerprint density at radius 1 is 1.21 bits per heavy atom. The van der Waals surface area contributed by atoms with E-state index in [1.165, 1.54) is 25.4 Å². The van der Waals surface area contributed by atoms with Crippen LogP contribution in [0.2, 0.25) is 0 Å². The van der Waals surface area contributed by atoms with Gasteiger partial charge in [-0.3, -0.25) is 10.1 Å². The number of nitrogens with zero attached hydrogens (tertiary/aromatic N) is 3. The maximum Gasteiger partial charge on any atom is 0.411 e. The van der Waals surface area contributed by atoms with Gasteiger partial charge in [0.15, 0.2) is 5.82 Å². The van der Waals surface area contributed by atoms with Crippen LogP contribution in [0.3, 0.4) is 0 Å². The van der Waals surface area contributed by atoms with Gasteiger partial charge >= 0.3 is 6.09 Å². The van der Waals surface area contributed by atoms with Gasteiger partial charge in [0.1, 0.15) is 5.82 Å². The van der Waals surface area contributed by atoms with E-state index in [2.05, 4.69) is 25.5 Å². The Labute approximate surface area is 160 Å². The monoisotopic (exact) mass is 383 g/mol. The molecule has 0 saturated heterocycles. The maximum absolute atomic E-state index is 13.8. The van der Waals surface area contributed by atoms with Gasteiger partial charge < -0.3 is 10.1 Å². The molecule has 0 aliphatic rings. The van der Waals surface area contributed by atoms with E-state index in [1.54, 1.807) is 23.0 Å². The molecule has 9 heteroatoms. The minimum atomic E-state index is -0.813. The van der Waals surface area contributed by atoms with Gasteiger partial charge in [0.2, 0.25) is 0 Å². The molecule has 0 aliphatic heterocycles. The Morgan fingerprint density at radius 3 is 2.71 bits per heavy atom. The quantitative estimate of drug-likeness (QED) is 0.704. The van der Waals surface area contributed by atoms with Crippen molar-refractivity contribution >= 4 is 23.4 Å². The first-order valence-electron chi connectivity index (χ1n) is 8.47. The molecule has 28 heavy (non-hydrogen) atoms. The van der Waals surface area contributed by atoms with E-state index in [-0.39, 0.29) is 5.69 Å². The lowest BCUT2D eigenvalue weighted by atomic mass is 10.2. The average molecular weight is 383 g/mol. The van der Waals surface area contributed by atoms with Gasteiger partial charge in [0.05, 0.1) is 30.3 Å². The number of benzene rings is 1. The number of carbonyl (C=O) groups is 2. The second-order valence-electron chi connectivity index (χ2n) is 5.72. The van der Waals surface area contributed by atoms with Crippen LogP contribution in [0, 0.1) is 5.82 Å². The Balaban J connectivity index is 1.85. The maximum atomic E-state index is 13.8. The standard InChI is InChI=1S/C19H18FN5O3/c1-3-16-13(11-22-25(16)17-6-4-5-9-21-17)18(26)23-12-7-8-14(20)15(10-12)24-19(27)28-2/h4-11H,3H2,1-2H3,(H,23,26)(H,24,27). The Morgan fingerprint density at radius 2 is 2.04 bits per heavy atom. The third-order valence-corrected chi connectivity index (χ3v) is 3.96. The number of rotatable bonds is 5. The normalized spacial score (nSPS) is 10.4. The second-order valence-corrected chi connectivity index (χ2v) is 5.72. The molecule has 8 nitrogen and oxygen atoms in total.